The molecule has 146 valence electrons. The van der Waals surface area contributed by atoms with Crippen molar-refractivity contribution in [3.63, 3.8) is 0 Å². The van der Waals surface area contributed by atoms with Gasteiger partial charge in [-0.15, -0.1) is 0 Å². The Morgan fingerprint density at radius 2 is 2.23 bits per heavy atom. The van der Waals surface area contributed by atoms with E-state index in [1.54, 1.807) is 7.11 Å². The Morgan fingerprint density at radius 3 is 2.96 bits per heavy atom. The van der Waals surface area contributed by atoms with Crippen LogP contribution in [-0.2, 0) is 16.0 Å². The van der Waals surface area contributed by atoms with Crippen molar-refractivity contribution in [2.45, 2.75) is 45.8 Å². The van der Waals surface area contributed by atoms with Crippen molar-refractivity contribution in [3.05, 3.63) is 29.3 Å². The summed E-state index contributed by atoms with van der Waals surface area (Å²) in [4.78, 5) is 4.69. The number of nitrogens with zero attached hydrogens (tertiary/aromatic N) is 1. The summed E-state index contributed by atoms with van der Waals surface area (Å²) in [5.74, 6) is 1.72. The fourth-order valence-corrected chi connectivity index (χ4v) is 2.81. The van der Waals surface area contributed by atoms with Crippen LogP contribution in [0.4, 0.5) is 0 Å². The molecule has 6 heteroatoms. The van der Waals surface area contributed by atoms with Crippen molar-refractivity contribution < 1.29 is 14.2 Å². The van der Waals surface area contributed by atoms with Crippen LogP contribution < -0.4 is 15.4 Å². The molecule has 1 aromatic carbocycles. The molecule has 1 aliphatic heterocycles. The number of methoxy groups -OCH3 is 1. The van der Waals surface area contributed by atoms with Gasteiger partial charge in [0.05, 0.1) is 12.6 Å². The van der Waals surface area contributed by atoms with E-state index in [1.807, 2.05) is 0 Å². The van der Waals surface area contributed by atoms with E-state index in [1.165, 1.54) is 5.56 Å². The average Bonchev–Trinajstić information content (AvgIpc) is 3.16. The maximum atomic E-state index is 6.06. The molecule has 1 unspecified atom stereocenters. The van der Waals surface area contributed by atoms with Crippen LogP contribution in [-0.4, -0.2) is 52.1 Å². The van der Waals surface area contributed by atoms with Gasteiger partial charge in [0.2, 0.25) is 0 Å². The zero-order valence-corrected chi connectivity index (χ0v) is 16.3. The summed E-state index contributed by atoms with van der Waals surface area (Å²) in [5.41, 5.74) is 2.27. The van der Waals surface area contributed by atoms with Gasteiger partial charge in [0, 0.05) is 39.0 Å². The smallest absolute Gasteiger partial charge is 0.191 e. The Morgan fingerprint density at radius 1 is 1.35 bits per heavy atom. The first-order valence-electron chi connectivity index (χ1n) is 9.58. The Kier molecular flexibility index (Phi) is 9.28. The molecule has 0 saturated carbocycles. The average molecular weight is 364 g/mol. The van der Waals surface area contributed by atoms with Crippen LogP contribution in [0, 0.1) is 6.92 Å². The predicted octanol–water partition coefficient (Wildman–Crippen LogP) is 2.64. The van der Waals surface area contributed by atoms with E-state index >= 15 is 0 Å². The second kappa shape index (κ2) is 11.8. The first-order chi connectivity index (χ1) is 12.7. The van der Waals surface area contributed by atoms with Gasteiger partial charge in [0.25, 0.3) is 0 Å². The highest BCUT2D eigenvalue weighted by atomic mass is 16.5. The van der Waals surface area contributed by atoms with Gasteiger partial charge in [0.15, 0.2) is 5.96 Å². The second-order valence-corrected chi connectivity index (χ2v) is 6.53. The quantitative estimate of drug-likeness (QED) is 0.380. The molecule has 1 aromatic rings. The molecule has 26 heavy (non-hydrogen) atoms. The summed E-state index contributed by atoms with van der Waals surface area (Å²) in [7, 11) is 1.72. The Hall–Kier alpha value is -1.79. The highest BCUT2D eigenvalue weighted by molar-refractivity contribution is 5.79. The summed E-state index contributed by atoms with van der Waals surface area (Å²) in [6, 6.07) is 6.28. The van der Waals surface area contributed by atoms with E-state index in [0.717, 1.165) is 62.8 Å². The fourth-order valence-electron chi connectivity index (χ4n) is 2.81. The molecular formula is C20H33N3O3. The molecular weight excluding hydrogens is 330 g/mol. The van der Waals surface area contributed by atoms with Crippen LogP contribution >= 0.6 is 0 Å². The molecule has 0 bridgehead atoms. The minimum absolute atomic E-state index is 0.214. The first kappa shape index (κ1) is 20.5. The third-order valence-corrected chi connectivity index (χ3v) is 4.24. The summed E-state index contributed by atoms with van der Waals surface area (Å²) < 4.78 is 16.8. The van der Waals surface area contributed by atoms with E-state index in [4.69, 9.17) is 19.2 Å². The summed E-state index contributed by atoms with van der Waals surface area (Å²) >= 11 is 0. The normalized spacial score (nSPS) is 17.3. The number of nitrogens with one attached hydrogen (secondary N) is 2. The molecule has 1 heterocycles. The number of hydrogen-bond acceptors (Lipinski definition) is 4. The third-order valence-electron chi connectivity index (χ3n) is 4.24. The largest absolute Gasteiger partial charge is 0.491 e. The van der Waals surface area contributed by atoms with Gasteiger partial charge in [-0.1, -0.05) is 12.1 Å². The van der Waals surface area contributed by atoms with Gasteiger partial charge in [-0.2, -0.15) is 0 Å². The number of ether oxygens (including phenoxy) is 3. The molecule has 6 nitrogen and oxygen atoms in total. The molecule has 0 spiro atoms. The second-order valence-electron chi connectivity index (χ2n) is 6.53. The number of hydrogen-bond donors (Lipinski definition) is 2. The van der Waals surface area contributed by atoms with Gasteiger partial charge < -0.3 is 24.8 Å². The van der Waals surface area contributed by atoms with Crippen LogP contribution in [0.5, 0.6) is 5.75 Å². The summed E-state index contributed by atoms with van der Waals surface area (Å²) in [6.07, 6.45) is 3.36. The SMILES string of the molecule is CCNC(=NCc1ccc(C)cc1OCC1CCCO1)NCCCOC. The van der Waals surface area contributed by atoms with Crippen LogP contribution in [0.1, 0.15) is 37.3 Å². The molecule has 0 radical (unpaired) electrons. The standard InChI is InChI=1S/C20H33N3O3/c1-4-21-20(22-10-6-11-24-3)23-14-17-9-8-16(2)13-19(17)26-15-18-7-5-12-25-18/h8-9,13,18H,4-7,10-12,14-15H2,1-3H3,(H2,21,22,23). The lowest BCUT2D eigenvalue weighted by Crippen LogP contribution is -2.38. The predicted molar refractivity (Wildman–Crippen MR) is 105 cm³/mol. The number of benzene rings is 1. The Labute approximate surface area is 157 Å². The van der Waals surface area contributed by atoms with E-state index in [9.17, 15) is 0 Å². The summed E-state index contributed by atoms with van der Waals surface area (Å²) in [6.45, 7) is 8.56. The van der Waals surface area contributed by atoms with Crippen molar-refractivity contribution in [2.24, 2.45) is 4.99 Å². The van der Waals surface area contributed by atoms with E-state index in [2.05, 4.69) is 42.7 Å². The van der Waals surface area contributed by atoms with Crippen LogP contribution in [0.3, 0.4) is 0 Å². The number of rotatable bonds is 10. The lowest BCUT2D eigenvalue weighted by atomic mass is 10.1. The number of aryl methyl sites for hydroxylation is 1. The molecule has 2 rings (SSSR count). The van der Waals surface area contributed by atoms with Gasteiger partial charge >= 0.3 is 0 Å². The molecule has 0 aliphatic carbocycles. The van der Waals surface area contributed by atoms with Crippen LogP contribution in [0.25, 0.3) is 0 Å². The maximum Gasteiger partial charge on any atom is 0.191 e. The van der Waals surface area contributed by atoms with Crippen molar-refractivity contribution in [1.29, 1.82) is 0 Å². The molecule has 0 aromatic heterocycles. The lowest BCUT2D eigenvalue weighted by Gasteiger charge is -2.15. The zero-order chi connectivity index (χ0) is 18.6. The molecule has 2 N–H and O–H groups in total. The Bertz CT molecular complexity index is 557. The highest BCUT2D eigenvalue weighted by Gasteiger charge is 2.16. The van der Waals surface area contributed by atoms with Gasteiger partial charge in [-0.3, -0.25) is 0 Å². The molecule has 0 amide bonds. The van der Waals surface area contributed by atoms with Crippen LogP contribution in [0.15, 0.2) is 23.2 Å². The van der Waals surface area contributed by atoms with Crippen molar-refractivity contribution in [3.8, 4) is 5.75 Å². The van der Waals surface area contributed by atoms with Crippen LogP contribution in [0.2, 0.25) is 0 Å². The Balaban J connectivity index is 1.96. The molecule has 1 fully saturated rings. The fraction of sp³-hybridized carbons (Fsp3) is 0.650. The van der Waals surface area contributed by atoms with Gasteiger partial charge in [0.1, 0.15) is 12.4 Å². The van der Waals surface area contributed by atoms with Crippen molar-refractivity contribution >= 4 is 5.96 Å². The topological polar surface area (TPSA) is 64.1 Å². The summed E-state index contributed by atoms with van der Waals surface area (Å²) in [5, 5.41) is 6.61. The van der Waals surface area contributed by atoms with E-state index < -0.39 is 0 Å². The van der Waals surface area contributed by atoms with Crippen molar-refractivity contribution in [1.82, 2.24) is 10.6 Å². The first-order valence-corrected chi connectivity index (χ1v) is 9.58. The monoisotopic (exact) mass is 363 g/mol. The molecule has 1 atom stereocenters. The third kappa shape index (κ3) is 7.22. The number of guanidine groups is 1. The molecule has 1 aliphatic rings. The van der Waals surface area contributed by atoms with Crippen molar-refractivity contribution in [2.75, 3.05) is 40.0 Å². The zero-order valence-electron chi connectivity index (χ0n) is 16.3. The van der Waals surface area contributed by atoms with Gasteiger partial charge in [-0.05, 0) is 44.7 Å². The highest BCUT2D eigenvalue weighted by Crippen LogP contribution is 2.23. The molecule has 1 saturated heterocycles. The maximum absolute atomic E-state index is 6.06. The lowest BCUT2D eigenvalue weighted by molar-refractivity contribution is 0.0676. The minimum atomic E-state index is 0.214. The van der Waals surface area contributed by atoms with Gasteiger partial charge in [-0.25, -0.2) is 4.99 Å². The minimum Gasteiger partial charge on any atom is -0.491 e. The number of aliphatic imine (C=N–C) groups is 1. The van der Waals surface area contributed by atoms with E-state index in [-0.39, 0.29) is 6.10 Å². The van der Waals surface area contributed by atoms with E-state index in [0.29, 0.717) is 13.2 Å².